The molecule has 0 spiro atoms. The highest BCUT2D eigenvalue weighted by Crippen LogP contribution is 2.22. The number of rotatable bonds is 3. The first-order chi connectivity index (χ1) is 7.75. The second-order valence-corrected chi connectivity index (χ2v) is 5.27. The second-order valence-electron chi connectivity index (χ2n) is 4.42. The van der Waals surface area contributed by atoms with Crippen LogP contribution < -0.4 is 10.1 Å². The summed E-state index contributed by atoms with van der Waals surface area (Å²) in [6.45, 7) is 5.20. The predicted octanol–water partition coefficient (Wildman–Crippen LogP) is 3.14. The molecule has 2 nitrogen and oxygen atoms in total. The Bertz CT molecular complexity index is 348. The summed E-state index contributed by atoms with van der Waals surface area (Å²) in [5.74, 6) is 1.70. The third kappa shape index (κ3) is 3.22. The topological polar surface area (TPSA) is 21.3 Å². The lowest BCUT2D eigenvalue weighted by atomic mass is 9.99. The van der Waals surface area contributed by atoms with Crippen molar-refractivity contribution in [2.24, 2.45) is 5.92 Å². The molecule has 1 aliphatic rings. The van der Waals surface area contributed by atoms with Gasteiger partial charge in [0, 0.05) is 4.47 Å². The lowest BCUT2D eigenvalue weighted by Crippen LogP contribution is -2.30. The molecule has 16 heavy (non-hydrogen) atoms. The Hall–Kier alpha value is -0.540. The van der Waals surface area contributed by atoms with E-state index in [4.69, 9.17) is 4.74 Å². The quantitative estimate of drug-likeness (QED) is 0.920. The molecule has 88 valence electrons. The molecule has 1 aromatic rings. The average Bonchev–Trinajstić information content (AvgIpc) is 2.32. The lowest BCUT2D eigenvalue weighted by molar-refractivity contribution is 0.215. The average molecular weight is 284 g/mol. The van der Waals surface area contributed by atoms with Crippen LogP contribution in [0.2, 0.25) is 0 Å². The van der Waals surface area contributed by atoms with E-state index in [1.165, 1.54) is 18.4 Å². The maximum atomic E-state index is 5.83. The maximum absolute atomic E-state index is 5.83. The van der Waals surface area contributed by atoms with E-state index in [-0.39, 0.29) is 0 Å². The summed E-state index contributed by atoms with van der Waals surface area (Å²) < 4.78 is 6.97. The Morgan fingerprint density at radius 2 is 2.12 bits per heavy atom. The van der Waals surface area contributed by atoms with Gasteiger partial charge in [-0.25, -0.2) is 0 Å². The van der Waals surface area contributed by atoms with Crippen LogP contribution in [-0.2, 0) is 0 Å². The van der Waals surface area contributed by atoms with Crippen molar-refractivity contribution in [2.45, 2.75) is 19.8 Å². The molecule has 3 heteroatoms. The van der Waals surface area contributed by atoms with Crippen LogP contribution in [0.15, 0.2) is 22.7 Å². The van der Waals surface area contributed by atoms with Crippen LogP contribution >= 0.6 is 15.9 Å². The minimum absolute atomic E-state index is 0.713. The van der Waals surface area contributed by atoms with Gasteiger partial charge >= 0.3 is 0 Å². The molecular weight excluding hydrogens is 266 g/mol. The third-order valence-electron chi connectivity index (χ3n) is 3.07. The van der Waals surface area contributed by atoms with Crippen LogP contribution in [0, 0.1) is 12.8 Å². The van der Waals surface area contributed by atoms with E-state index in [1.807, 2.05) is 12.1 Å². The Balaban J connectivity index is 1.86. The van der Waals surface area contributed by atoms with Gasteiger partial charge in [0.15, 0.2) is 0 Å². The molecule has 1 aromatic carbocycles. The van der Waals surface area contributed by atoms with E-state index < -0.39 is 0 Å². The minimum atomic E-state index is 0.713. The highest BCUT2D eigenvalue weighted by atomic mass is 79.9. The summed E-state index contributed by atoms with van der Waals surface area (Å²) in [4.78, 5) is 0. The molecule has 0 bridgehead atoms. The summed E-state index contributed by atoms with van der Waals surface area (Å²) in [5.41, 5.74) is 1.22. The standard InChI is InChI=1S/C13H18BrNO/c1-10-8-12(2-3-13(10)14)16-9-11-4-6-15-7-5-11/h2-3,8,11,15H,4-7,9H2,1H3. The Morgan fingerprint density at radius 1 is 1.38 bits per heavy atom. The monoisotopic (exact) mass is 283 g/mol. The van der Waals surface area contributed by atoms with Crippen LogP contribution in [-0.4, -0.2) is 19.7 Å². The van der Waals surface area contributed by atoms with Gasteiger partial charge in [-0.15, -0.1) is 0 Å². The SMILES string of the molecule is Cc1cc(OCC2CCNCC2)ccc1Br. The van der Waals surface area contributed by atoms with Crippen molar-refractivity contribution >= 4 is 15.9 Å². The van der Waals surface area contributed by atoms with Crippen LogP contribution in [0.3, 0.4) is 0 Å². The summed E-state index contributed by atoms with van der Waals surface area (Å²) in [5, 5.41) is 3.37. The maximum Gasteiger partial charge on any atom is 0.119 e. The van der Waals surface area contributed by atoms with Crippen LogP contribution in [0.4, 0.5) is 0 Å². The van der Waals surface area contributed by atoms with E-state index in [2.05, 4.69) is 34.2 Å². The Kier molecular flexibility index (Phi) is 4.24. The number of hydrogen-bond acceptors (Lipinski definition) is 2. The fourth-order valence-electron chi connectivity index (χ4n) is 1.97. The number of hydrogen-bond donors (Lipinski definition) is 1. The van der Waals surface area contributed by atoms with E-state index in [0.717, 1.165) is 29.9 Å². The van der Waals surface area contributed by atoms with Gasteiger partial charge in [-0.3, -0.25) is 0 Å². The Morgan fingerprint density at radius 3 is 2.81 bits per heavy atom. The molecule has 0 aromatic heterocycles. The van der Waals surface area contributed by atoms with Gasteiger partial charge in [0.2, 0.25) is 0 Å². The number of piperidine rings is 1. The molecule has 1 fully saturated rings. The van der Waals surface area contributed by atoms with Gasteiger partial charge in [0.05, 0.1) is 6.61 Å². The van der Waals surface area contributed by atoms with E-state index in [0.29, 0.717) is 5.92 Å². The van der Waals surface area contributed by atoms with Crippen molar-refractivity contribution in [3.05, 3.63) is 28.2 Å². The fourth-order valence-corrected chi connectivity index (χ4v) is 2.22. The first-order valence-electron chi connectivity index (χ1n) is 5.85. The van der Waals surface area contributed by atoms with Gasteiger partial charge < -0.3 is 10.1 Å². The van der Waals surface area contributed by atoms with Crippen molar-refractivity contribution in [3.8, 4) is 5.75 Å². The first kappa shape index (κ1) is 11.9. The lowest BCUT2D eigenvalue weighted by Gasteiger charge is -2.22. The molecule has 1 saturated heterocycles. The first-order valence-corrected chi connectivity index (χ1v) is 6.64. The summed E-state index contributed by atoms with van der Waals surface area (Å²) >= 11 is 3.49. The van der Waals surface area contributed by atoms with Crippen LogP contribution in [0.25, 0.3) is 0 Å². The van der Waals surface area contributed by atoms with Gasteiger partial charge in [-0.1, -0.05) is 15.9 Å². The van der Waals surface area contributed by atoms with Crippen LogP contribution in [0.1, 0.15) is 18.4 Å². The number of halogens is 1. The molecule has 2 rings (SSSR count). The van der Waals surface area contributed by atoms with Gasteiger partial charge in [0.1, 0.15) is 5.75 Å². The molecule has 1 heterocycles. The smallest absolute Gasteiger partial charge is 0.119 e. The van der Waals surface area contributed by atoms with Crippen molar-refractivity contribution in [1.82, 2.24) is 5.32 Å². The molecule has 0 saturated carbocycles. The third-order valence-corrected chi connectivity index (χ3v) is 3.96. The Labute approximate surface area is 106 Å². The molecule has 1 N–H and O–H groups in total. The summed E-state index contributed by atoms with van der Waals surface area (Å²) in [7, 11) is 0. The predicted molar refractivity (Wildman–Crippen MR) is 70.0 cm³/mol. The highest BCUT2D eigenvalue weighted by molar-refractivity contribution is 9.10. The zero-order valence-corrected chi connectivity index (χ0v) is 11.2. The van der Waals surface area contributed by atoms with Gasteiger partial charge in [-0.05, 0) is 62.5 Å². The van der Waals surface area contributed by atoms with Crippen molar-refractivity contribution in [1.29, 1.82) is 0 Å². The van der Waals surface area contributed by atoms with Gasteiger partial charge in [-0.2, -0.15) is 0 Å². The summed E-state index contributed by atoms with van der Waals surface area (Å²) in [6.07, 6.45) is 2.46. The minimum Gasteiger partial charge on any atom is -0.493 e. The van der Waals surface area contributed by atoms with Crippen molar-refractivity contribution in [3.63, 3.8) is 0 Å². The normalized spacial score (nSPS) is 17.4. The molecule has 0 atom stereocenters. The van der Waals surface area contributed by atoms with E-state index >= 15 is 0 Å². The largest absolute Gasteiger partial charge is 0.493 e. The van der Waals surface area contributed by atoms with E-state index in [9.17, 15) is 0 Å². The van der Waals surface area contributed by atoms with Gasteiger partial charge in [0.25, 0.3) is 0 Å². The molecule has 0 amide bonds. The molecular formula is C13H18BrNO. The highest BCUT2D eigenvalue weighted by Gasteiger charge is 2.13. The second kappa shape index (κ2) is 5.69. The molecule has 1 aliphatic heterocycles. The molecule has 0 aliphatic carbocycles. The molecule has 0 radical (unpaired) electrons. The number of nitrogens with one attached hydrogen (secondary N) is 1. The number of ether oxygens (including phenoxy) is 1. The number of aryl methyl sites for hydroxylation is 1. The zero-order chi connectivity index (χ0) is 11.4. The fraction of sp³-hybridized carbons (Fsp3) is 0.538. The molecule has 0 unspecified atom stereocenters. The van der Waals surface area contributed by atoms with Crippen molar-refractivity contribution in [2.75, 3.05) is 19.7 Å². The van der Waals surface area contributed by atoms with E-state index in [1.54, 1.807) is 0 Å². The number of benzene rings is 1. The zero-order valence-electron chi connectivity index (χ0n) is 9.63. The summed E-state index contributed by atoms with van der Waals surface area (Å²) in [6, 6.07) is 6.16. The van der Waals surface area contributed by atoms with Crippen molar-refractivity contribution < 1.29 is 4.74 Å². The van der Waals surface area contributed by atoms with Crippen LogP contribution in [0.5, 0.6) is 5.75 Å².